The summed E-state index contributed by atoms with van der Waals surface area (Å²) in [6.45, 7) is 3.75. The average molecular weight is 424 g/mol. The van der Waals surface area contributed by atoms with E-state index in [1.807, 2.05) is 30.3 Å². The minimum Gasteiger partial charge on any atom is -0.464 e. The van der Waals surface area contributed by atoms with E-state index in [9.17, 15) is 9.90 Å². The molecule has 0 bridgehead atoms. The number of ether oxygens (including phenoxy) is 1. The van der Waals surface area contributed by atoms with E-state index in [4.69, 9.17) is 22.1 Å². The number of allylic oxidation sites excluding steroid dienone is 1. The van der Waals surface area contributed by atoms with E-state index in [2.05, 4.69) is 16.9 Å². The number of halogens is 1. The SMILES string of the molecule is C=C(/N=C(C(=O)OC)\C(Cl)=C(/N)N[C@H](CO)CSCc1ccccc1)C1CC1. The molecule has 0 heterocycles. The smallest absolute Gasteiger partial charge is 0.358 e. The number of rotatable bonds is 11. The van der Waals surface area contributed by atoms with Crippen molar-refractivity contribution >= 4 is 35.0 Å². The molecule has 28 heavy (non-hydrogen) atoms. The molecule has 1 atom stereocenters. The lowest BCUT2D eigenvalue weighted by Gasteiger charge is -2.18. The van der Waals surface area contributed by atoms with Crippen LogP contribution < -0.4 is 11.1 Å². The highest BCUT2D eigenvalue weighted by molar-refractivity contribution is 7.98. The topological polar surface area (TPSA) is 96.9 Å². The Morgan fingerprint density at radius 2 is 2.14 bits per heavy atom. The molecular formula is C20H26ClN3O3S. The largest absolute Gasteiger partial charge is 0.464 e. The number of carbonyl (C=O) groups is 1. The number of benzene rings is 1. The predicted octanol–water partition coefficient (Wildman–Crippen LogP) is 2.77. The second kappa shape index (κ2) is 11.1. The molecule has 6 nitrogen and oxygen atoms in total. The lowest BCUT2D eigenvalue weighted by Crippen LogP contribution is -2.38. The van der Waals surface area contributed by atoms with Crippen LogP contribution in [-0.4, -0.2) is 42.3 Å². The Hall–Kier alpha value is -1.96. The van der Waals surface area contributed by atoms with Crippen molar-refractivity contribution in [2.24, 2.45) is 16.6 Å². The first-order valence-electron chi connectivity index (χ1n) is 8.96. The maximum atomic E-state index is 12.1. The first kappa shape index (κ1) is 22.3. The maximum Gasteiger partial charge on any atom is 0.358 e. The fourth-order valence-corrected chi connectivity index (χ4v) is 3.57. The number of nitrogens with two attached hydrogens (primary N) is 1. The van der Waals surface area contributed by atoms with Crippen molar-refractivity contribution in [1.82, 2.24) is 5.32 Å². The van der Waals surface area contributed by atoms with Crippen molar-refractivity contribution in [3.05, 3.63) is 59.0 Å². The Bertz CT molecular complexity index is 748. The molecule has 8 heteroatoms. The van der Waals surface area contributed by atoms with Gasteiger partial charge in [-0.1, -0.05) is 48.5 Å². The molecule has 2 rings (SSSR count). The lowest BCUT2D eigenvalue weighted by molar-refractivity contribution is -0.132. The highest BCUT2D eigenvalue weighted by Crippen LogP contribution is 2.36. The summed E-state index contributed by atoms with van der Waals surface area (Å²) in [6.07, 6.45) is 1.99. The number of hydrogen-bond donors (Lipinski definition) is 3. The van der Waals surface area contributed by atoms with E-state index in [1.54, 1.807) is 11.8 Å². The Morgan fingerprint density at radius 3 is 2.71 bits per heavy atom. The summed E-state index contributed by atoms with van der Waals surface area (Å²) in [6, 6.07) is 9.71. The van der Waals surface area contributed by atoms with Gasteiger partial charge in [0.15, 0.2) is 5.71 Å². The van der Waals surface area contributed by atoms with Crippen LogP contribution in [0.4, 0.5) is 0 Å². The van der Waals surface area contributed by atoms with Crippen LogP contribution in [-0.2, 0) is 15.3 Å². The van der Waals surface area contributed by atoms with Crippen molar-refractivity contribution in [3.63, 3.8) is 0 Å². The zero-order valence-electron chi connectivity index (χ0n) is 15.9. The molecular weight excluding hydrogens is 398 g/mol. The molecule has 1 aliphatic rings. The number of esters is 1. The fraction of sp³-hybridized carbons (Fsp3) is 0.400. The Kier molecular flexibility index (Phi) is 8.89. The van der Waals surface area contributed by atoms with Gasteiger partial charge in [0, 0.05) is 23.1 Å². The van der Waals surface area contributed by atoms with Crippen LogP contribution in [0.2, 0.25) is 0 Å². The Labute approximate surface area is 174 Å². The van der Waals surface area contributed by atoms with E-state index >= 15 is 0 Å². The van der Waals surface area contributed by atoms with Crippen LogP contribution in [0.15, 0.2) is 58.5 Å². The maximum absolute atomic E-state index is 12.1. The molecule has 0 radical (unpaired) electrons. The summed E-state index contributed by atoms with van der Waals surface area (Å²) in [5, 5.41) is 12.6. The van der Waals surface area contributed by atoms with Crippen molar-refractivity contribution in [2.75, 3.05) is 19.5 Å². The van der Waals surface area contributed by atoms with Gasteiger partial charge >= 0.3 is 5.97 Å². The molecule has 1 saturated carbocycles. The van der Waals surface area contributed by atoms with Gasteiger partial charge in [0.2, 0.25) is 0 Å². The zero-order valence-corrected chi connectivity index (χ0v) is 17.4. The zero-order chi connectivity index (χ0) is 20.5. The van der Waals surface area contributed by atoms with Crippen LogP contribution in [0.25, 0.3) is 0 Å². The highest BCUT2D eigenvalue weighted by atomic mass is 35.5. The van der Waals surface area contributed by atoms with Gasteiger partial charge in [0.25, 0.3) is 0 Å². The number of methoxy groups -OCH3 is 1. The molecule has 0 unspecified atom stereocenters. The van der Waals surface area contributed by atoms with Crippen molar-refractivity contribution in [2.45, 2.75) is 24.6 Å². The van der Waals surface area contributed by atoms with Gasteiger partial charge in [0.1, 0.15) is 10.9 Å². The first-order valence-corrected chi connectivity index (χ1v) is 10.5. The average Bonchev–Trinajstić information content (AvgIpc) is 3.56. The number of aliphatic hydroxyl groups is 1. The van der Waals surface area contributed by atoms with E-state index in [0.717, 1.165) is 18.6 Å². The van der Waals surface area contributed by atoms with Crippen LogP contribution in [0.3, 0.4) is 0 Å². The van der Waals surface area contributed by atoms with Gasteiger partial charge in [0.05, 0.1) is 19.8 Å². The number of aliphatic hydroxyl groups excluding tert-OH is 1. The highest BCUT2D eigenvalue weighted by Gasteiger charge is 2.27. The van der Waals surface area contributed by atoms with Gasteiger partial charge < -0.3 is 20.9 Å². The van der Waals surface area contributed by atoms with Gasteiger partial charge in [-0.25, -0.2) is 9.79 Å². The third-order valence-corrected chi connectivity index (χ3v) is 5.70. The van der Waals surface area contributed by atoms with Crippen molar-refractivity contribution in [3.8, 4) is 0 Å². The fourth-order valence-electron chi connectivity index (χ4n) is 2.38. The molecule has 1 aromatic carbocycles. The third kappa shape index (κ3) is 6.89. The predicted molar refractivity (Wildman–Crippen MR) is 115 cm³/mol. The van der Waals surface area contributed by atoms with Gasteiger partial charge in [-0.05, 0) is 18.4 Å². The Morgan fingerprint density at radius 1 is 1.46 bits per heavy atom. The molecule has 0 saturated heterocycles. The second-order valence-corrected chi connectivity index (χ2v) is 7.88. The minimum atomic E-state index is -0.685. The monoisotopic (exact) mass is 423 g/mol. The number of thioether (sulfide) groups is 1. The molecule has 1 aliphatic carbocycles. The van der Waals surface area contributed by atoms with E-state index < -0.39 is 5.97 Å². The summed E-state index contributed by atoms with van der Waals surface area (Å²) >= 11 is 7.96. The summed E-state index contributed by atoms with van der Waals surface area (Å²) in [5.41, 5.74) is 7.74. The molecule has 152 valence electrons. The summed E-state index contributed by atoms with van der Waals surface area (Å²) in [5.74, 6) is 1.07. The molecule has 0 spiro atoms. The number of nitrogens with zero attached hydrogens (tertiary/aromatic N) is 1. The molecule has 0 aromatic heterocycles. The van der Waals surface area contributed by atoms with E-state index in [1.165, 1.54) is 12.7 Å². The lowest BCUT2D eigenvalue weighted by atomic mass is 10.2. The third-order valence-electron chi connectivity index (χ3n) is 4.14. The number of carbonyl (C=O) groups excluding carboxylic acids is 1. The number of hydrogen-bond acceptors (Lipinski definition) is 7. The van der Waals surface area contributed by atoms with Crippen LogP contribution >= 0.6 is 23.4 Å². The molecule has 4 N–H and O–H groups in total. The van der Waals surface area contributed by atoms with Crippen LogP contribution in [0, 0.1) is 5.92 Å². The summed E-state index contributed by atoms with van der Waals surface area (Å²) < 4.78 is 4.76. The van der Waals surface area contributed by atoms with Gasteiger partial charge in [-0.3, -0.25) is 0 Å². The van der Waals surface area contributed by atoms with E-state index in [-0.39, 0.29) is 35.1 Å². The Balaban J connectivity index is 2.01. The standard InChI is InChI=1S/C20H26ClN3O3S/c1-13(15-8-9-15)23-18(20(26)27-2)17(21)19(22)24-16(10-25)12-28-11-14-6-4-3-5-7-14/h3-7,15-16,24-25H,1,8-12,22H2,2H3/b19-17-,23-18+/t16-/m1/s1. The summed E-state index contributed by atoms with van der Waals surface area (Å²) in [7, 11) is 1.25. The molecule has 0 amide bonds. The minimum absolute atomic E-state index is 0.0415. The van der Waals surface area contributed by atoms with Gasteiger partial charge in [-0.2, -0.15) is 11.8 Å². The summed E-state index contributed by atoms with van der Waals surface area (Å²) in [4.78, 5) is 16.3. The molecule has 1 aromatic rings. The van der Waals surface area contributed by atoms with E-state index in [0.29, 0.717) is 11.4 Å². The quantitative estimate of drug-likeness (QED) is 0.374. The molecule has 1 fully saturated rings. The van der Waals surface area contributed by atoms with Crippen LogP contribution in [0.1, 0.15) is 18.4 Å². The molecule has 0 aliphatic heterocycles. The van der Waals surface area contributed by atoms with Gasteiger partial charge in [-0.15, -0.1) is 0 Å². The van der Waals surface area contributed by atoms with Crippen LogP contribution in [0.5, 0.6) is 0 Å². The number of aliphatic imine (C=N–C) groups is 1. The normalized spacial score (nSPS) is 16.2. The first-order chi connectivity index (χ1) is 13.5. The number of nitrogens with one attached hydrogen (secondary N) is 1. The van der Waals surface area contributed by atoms with Crippen molar-refractivity contribution in [1.29, 1.82) is 0 Å². The second-order valence-electron chi connectivity index (χ2n) is 6.47. The van der Waals surface area contributed by atoms with Crippen molar-refractivity contribution < 1.29 is 14.6 Å².